The molecule has 0 unspecified atom stereocenters. The second-order valence-corrected chi connectivity index (χ2v) is 3.49. The smallest absolute Gasteiger partial charge is 0.313 e. The van der Waals surface area contributed by atoms with Gasteiger partial charge in [0.05, 0.1) is 17.5 Å². The number of alkyl halides is 3. The maximum absolute atomic E-state index is 13.1. The van der Waals surface area contributed by atoms with Crippen LogP contribution in [0.25, 0.3) is 11.1 Å². The van der Waals surface area contributed by atoms with Gasteiger partial charge in [0.2, 0.25) is 0 Å². The number of H-pyrrole nitrogens is 1. The SMILES string of the molecule is O=c1[nH]cncc1-c1ccc(F)c(C(F)(F)F)c1. The molecule has 3 nitrogen and oxygen atoms in total. The zero-order chi connectivity index (χ0) is 13.3. The molecule has 0 amide bonds. The standard InChI is InChI=1S/C11H6F4N2O/c12-9-2-1-6(3-8(9)11(13,14)15)7-4-16-5-17-10(7)18/h1-5H,(H,16,17,18). The van der Waals surface area contributed by atoms with Crippen LogP contribution in [0.1, 0.15) is 5.56 Å². The summed E-state index contributed by atoms with van der Waals surface area (Å²) in [5.74, 6) is -1.38. The molecule has 0 aliphatic carbocycles. The van der Waals surface area contributed by atoms with Gasteiger partial charge in [0.1, 0.15) is 5.82 Å². The highest BCUT2D eigenvalue weighted by atomic mass is 19.4. The Morgan fingerprint density at radius 3 is 2.56 bits per heavy atom. The predicted molar refractivity (Wildman–Crippen MR) is 55.3 cm³/mol. The first kappa shape index (κ1) is 12.3. The normalized spacial score (nSPS) is 11.6. The molecule has 1 N–H and O–H groups in total. The van der Waals surface area contributed by atoms with E-state index < -0.39 is 23.1 Å². The number of rotatable bonds is 1. The van der Waals surface area contributed by atoms with Gasteiger partial charge in [0, 0.05) is 6.20 Å². The van der Waals surface area contributed by atoms with Gasteiger partial charge >= 0.3 is 6.18 Å². The number of halogens is 4. The highest BCUT2D eigenvalue weighted by Crippen LogP contribution is 2.33. The van der Waals surface area contributed by atoms with Crippen LogP contribution in [0, 0.1) is 5.82 Å². The Hall–Kier alpha value is -2.18. The summed E-state index contributed by atoms with van der Waals surface area (Å²) < 4.78 is 50.6. The molecule has 1 heterocycles. The molecule has 2 rings (SSSR count). The molecule has 0 bridgehead atoms. The molecule has 7 heteroatoms. The maximum Gasteiger partial charge on any atom is 0.419 e. The van der Waals surface area contributed by atoms with Gasteiger partial charge in [-0.15, -0.1) is 0 Å². The second kappa shape index (κ2) is 4.25. The maximum atomic E-state index is 13.1. The summed E-state index contributed by atoms with van der Waals surface area (Å²) >= 11 is 0. The van der Waals surface area contributed by atoms with Crippen molar-refractivity contribution in [1.82, 2.24) is 9.97 Å². The second-order valence-electron chi connectivity index (χ2n) is 3.49. The topological polar surface area (TPSA) is 45.8 Å². The van der Waals surface area contributed by atoms with Gasteiger partial charge in [0.25, 0.3) is 5.56 Å². The molecule has 0 atom stereocenters. The minimum Gasteiger partial charge on any atom is -0.313 e. The van der Waals surface area contributed by atoms with Crippen molar-refractivity contribution >= 4 is 0 Å². The first-order valence-electron chi connectivity index (χ1n) is 4.79. The molecule has 0 aliphatic heterocycles. The largest absolute Gasteiger partial charge is 0.419 e. The fraction of sp³-hybridized carbons (Fsp3) is 0.0909. The van der Waals surface area contributed by atoms with E-state index in [1.54, 1.807) is 0 Å². The predicted octanol–water partition coefficient (Wildman–Crippen LogP) is 2.59. The fourth-order valence-corrected chi connectivity index (χ4v) is 1.46. The molecule has 1 aromatic carbocycles. The van der Waals surface area contributed by atoms with Gasteiger partial charge in [0.15, 0.2) is 0 Å². The molecule has 0 spiro atoms. The number of aromatic nitrogens is 2. The summed E-state index contributed by atoms with van der Waals surface area (Å²) in [6.45, 7) is 0. The molecular formula is C11H6F4N2O. The minimum atomic E-state index is -4.81. The Kier molecular flexibility index (Phi) is 2.90. The molecule has 2 aromatic rings. The summed E-state index contributed by atoms with van der Waals surface area (Å²) in [6.07, 6.45) is -2.58. The lowest BCUT2D eigenvalue weighted by molar-refractivity contribution is -0.139. The van der Waals surface area contributed by atoms with E-state index in [1.165, 1.54) is 0 Å². The Bertz CT molecular complexity index is 633. The molecule has 0 aliphatic rings. The van der Waals surface area contributed by atoms with Crippen molar-refractivity contribution in [2.45, 2.75) is 6.18 Å². The number of aromatic amines is 1. The van der Waals surface area contributed by atoms with Crippen molar-refractivity contribution in [2.24, 2.45) is 0 Å². The van der Waals surface area contributed by atoms with Crippen LogP contribution in [0.3, 0.4) is 0 Å². The van der Waals surface area contributed by atoms with Gasteiger partial charge in [-0.1, -0.05) is 6.07 Å². The molecule has 94 valence electrons. The number of hydrogen-bond acceptors (Lipinski definition) is 2. The zero-order valence-electron chi connectivity index (χ0n) is 8.75. The monoisotopic (exact) mass is 258 g/mol. The van der Waals surface area contributed by atoms with Crippen LogP contribution >= 0.6 is 0 Å². The molecular weight excluding hydrogens is 252 g/mol. The third-order valence-corrected chi connectivity index (χ3v) is 2.30. The lowest BCUT2D eigenvalue weighted by Crippen LogP contribution is -2.11. The fourth-order valence-electron chi connectivity index (χ4n) is 1.46. The van der Waals surface area contributed by atoms with Crippen LogP contribution in [-0.4, -0.2) is 9.97 Å². The Morgan fingerprint density at radius 2 is 1.94 bits per heavy atom. The van der Waals surface area contributed by atoms with E-state index >= 15 is 0 Å². The van der Waals surface area contributed by atoms with Gasteiger partial charge in [-0.3, -0.25) is 4.79 Å². The molecule has 1 aromatic heterocycles. The minimum absolute atomic E-state index is 0.0434. The van der Waals surface area contributed by atoms with Crippen molar-refractivity contribution in [2.75, 3.05) is 0 Å². The van der Waals surface area contributed by atoms with Gasteiger partial charge in [-0.05, 0) is 17.7 Å². The third-order valence-electron chi connectivity index (χ3n) is 2.30. The molecule has 0 saturated carbocycles. The first-order chi connectivity index (χ1) is 8.39. The zero-order valence-corrected chi connectivity index (χ0v) is 8.75. The van der Waals surface area contributed by atoms with Crippen LogP contribution in [0.4, 0.5) is 17.6 Å². The average molecular weight is 258 g/mol. The van der Waals surface area contributed by atoms with Crippen molar-refractivity contribution in [3.05, 3.63) is 52.5 Å². The van der Waals surface area contributed by atoms with Crippen LogP contribution in [-0.2, 0) is 6.18 Å². The van der Waals surface area contributed by atoms with Gasteiger partial charge in [-0.25, -0.2) is 9.37 Å². The van der Waals surface area contributed by atoms with Gasteiger partial charge < -0.3 is 4.98 Å². The van der Waals surface area contributed by atoms with Crippen LogP contribution in [0.15, 0.2) is 35.5 Å². The summed E-state index contributed by atoms with van der Waals surface area (Å²) in [7, 11) is 0. The van der Waals surface area contributed by atoms with Crippen LogP contribution in [0.5, 0.6) is 0 Å². The first-order valence-corrected chi connectivity index (χ1v) is 4.79. The summed E-state index contributed by atoms with van der Waals surface area (Å²) in [5, 5.41) is 0. The van der Waals surface area contributed by atoms with E-state index in [0.29, 0.717) is 12.1 Å². The van der Waals surface area contributed by atoms with E-state index in [2.05, 4.69) is 9.97 Å². The van der Waals surface area contributed by atoms with Crippen LogP contribution in [0.2, 0.25) is 0 Å². The lowest BCUT2D eigenvalue weighted by atomic mass is 10.0. The van der Waals surface area contributed by atoms with E-state index in [4.69, 9.17) is 0 Å². The lowest BCUT2D eigenvalue weighted by Gasteiger charge is -2.09. The highest BCUT2D eigenvalue weighted by Gasteiger charge is 2.34. The average Bonchev–Trinajstić information content (AvgIpc) is 2.29. The summed E-state index contributed by atoms with van der Waals surface area (Å²) in [4.78, 5) is 17.2. The number of nitrogens with one attached hydrogen (secondary N) is 1. The molecule has 0 fully saturated rings. The molecule has 0 saturated heterocycles. The van der Waals surface area contributed by atoms with E-state index in [-0.39, 0.29) is 11.1 Å². The highest BCUT2D eigenvalue weighted by molar-refractivity contribution is 5.62. The third kappa shape index (κ3) is 2.24. The number of benzene rings is 1. The summed E-state index contributed by atoms with van der Waals surface area (Å²) in [5.41, 5.74) is -2.10. The van der Waals surface area contributed by atoms with Crippen molar-refractivity contribution in [3.63, 3.8) is 0 Å². The number of nitrogens with zero attached hydrogens (tertiary/aromatic N) is 1. The van der Waals surface area contributed by atoms with Crippen molar-refractivity contribution in [3.8, 4) is 11.1 Å². The van der Waals surface area contributed by atoms with Crippen molar-refractivity contribution < 1.29 is 17.6 Å². The van der Waals surface area contributed by atoms with E-state index in [0.717, 1.165) is 18.6 Å². The molecule has 18 heavy (non-hydrogen) atoms. The van der Waals surface area contributed by atoms with Gasteiger partial charge in [-0.2, -0.15) is 13.2 Å². The Morgan fingerprint density at radius 1 is 1.22 bits per heavy atom. The summed E-state index contributed by atoms with van der Waals surface area (Å²) in [6, 6.07) is 2.35. The van der Waals surface area contributed by atoms with E-state index in [9.17, 15) is 22.4 Å². The Labute approximate surface area is 98.1 Å². The van der Waals surface area contributed by atoms with Crippen LogP contribution < -0.4 is 5.56 Å². The molecule has 0 radical (unpaired) electrons. The van der Waals surface area contributed by atoms with E-state index in [1.807, 2.05) is 0 Å². The number of hydrogen-bond donors (Lipinski definition) is 1. The quantitative estimate of drug-likeness (QED) is 0.799. The van der Waals surface area contributed by atoms with Crippen molar-refractivity contribution in [1.29, 1.82) is 0 Å². The Balaban J connectivity index is 2.62.